The first-order valence-corrected chi connectivity index (χ1v) is 9.93. The van der Waals surface area contributed by atoms with E-state index >= 15 is 0 Å². The van der Waals surface area contributed by atoms with E-state index < -0.39 is 23.9 Å². The Morgan fingerprint density at radius 2 is 2.07 bits per heavy atom. The van der Waals surface area contributed by atoms with E-state index in [9.17, 15) is 23.9 Å². The fourth-order valence-corrected chi connectivity index (χ4v) is 3.70. The summed E-state index contributed by atoms with van der Waals surface area (Å²) in [6.45, 7) is 1.81. The normalized spacial score (nSPS) is 11.7. The average molecular weight is 440 g/mol. The van der Waals surface area contributed by atoms with Crippen LogP contribution in [0.4, 0.5) is 4.39 Å². The Morgan fingerprint density at radius 1 is 1.30 bits per heavy atom. The minimum absolute atomic E-state index is 0. The molecule has 0 aliphatic carbocycles. The number of benzene rings is 1. The molecule has 10 heteroatoms. The maximum Gasteiger partial charge on any atom is 1.00 e. The first-order valence-electron chi connectivity index (χ1n) is 9.05. The Morgan fingerprint density at radius 3 is 2.77 bits per heavy atom. The van der Waals surface area contributed by atoms with Crippen molar-refractivity contribution in [2.75, 3.05) is 0 Å². The second kappa shape index (κ2) is 10.8. The van der Waals surface area contributed by atoms with Gasteiger partial charge in [0.2, 0.25) is 5.78 Å². The van der Waals surface area contributed by atoms with Crippen LogP contribution >= 0.6 is 11.3 Å². The van der Waals surface area contributed by atoms with Crippen molar-refractivity contribution >= 4 is 40.0 Å². The van der Waals surface area contributed by atoms with Crippen molar-refractivity contribution in [2.24, 2.45) is 0 Å². The molecule has 0 aliphatic rings. The number of nitrogens with zero attached hydrogens (tertiary/aromatic N) is 1. The number of hydrogen-bond donors (Lipinski definition) is 1. The van der Waals surface area contributed by atoms with E-state index in [4.69, 9.17) is 4.74 Å². The van der Waals surface area contributed by atoms with Crippen molar-refractivity contribution in [3.05, 3.63) is 51.9 Å². The number of carbonyl (C=O) groups is 3. The van der Waals surface area contributed by atoms with Gasteiger partial charge in [0.1, 0.15) is 11.9 Å². The molecule has 7 nitrogen and oxygen atoms in total. The second-order valence-electron chi connectivity index (χ2n) is 6.41. The zero-order chi connectivity index (χ0) is 21.0. The van der Waals surface area contributed by atoms with E-state index in [1.807, 2.05) is 6.92 Å². The van der Waals surface area contributed by atoms with Crippen molar-refractivity contribution in [1.82, 2.24) is 9.97 Å². The Kier molecular flexibility index (Phi) is 8.72. The number of rotatable bonds is 9. The molecule has 1 N–H and O–H groups in total. The minimum atomic E-state index is -1.22. The van der Waals surface area contributed by atoms with Gasteiger partial charge in [0.05, 0.1) is 11.3 Å². The molecule has 0 radical (unpaired) electrons. The van der Waals surface area contributed by atoms with E-state index in [0.29, 0.717) is 28.6 Å². The maximum absolute atomic E-state index is 13.3. The average Bonchev–Trinajstić information content (AvgIpc) is 3.32. The number of nitrogens with one attached hydrogen (secondary N) is 1. The number of ketones is 1. The number of fused-ring (bicyclic) bond motifs is 1. The Bertz CT molecular complexity index is 1060. The van der Waals surface area contributed by atoms with E-state index in [0.717, 1.165) is 11.3 Å². The predicted molar refractivity (Wildman–Crippen MR) is 102 cm³/mol. The molecule has 2 aromatic heterocycles. The van der Waals surface area contributed by atoms with Gasteiger partial charge in [0.15, 0.2) is 5.01 Å². The van der Waals surface area contributed by atoms with E-state index in [-0.39, 0.29) is 59.6 Å². The summed E-state index contributed by atoms with van der Waals surface area (Å²) in [4.78, 5) is 42.3. The number of esters is 1. The van der Waals surface area contributed by atoms with Gasteiger partial charge in [-0.2, -0.15) is 0 Å². The first-order chi connectivity index (χ1) is 13.9. The molecule has 3 rings (SSSR count). The zero-order valence-corrected chi connectivity index (χ0v) is 19.4. The van der Waals surface area contributed by atoms with Gasteiger partial charge in [-0.3, -0.25) is 9.59 Å². The van der Waals surface area contributed by atoms with Crippen molar-refractivity contribution in [3.63, 3.8) is 0 Å². The van der Waals surface area contributed by atoms with Crippen LogP contribution < -0.4 is 34.7 Å². The number of aromatic nitrogens is 2. The van der Waals surface area contributed by atoms with Crippen LogP contribution in [0.25, 0.3) is 10.9 Å². The molecule has 0 amide bonds. The molecule has 0 saturated carbocycles. The number of carboxylic acids is 1. The van der Waals surface area contributed by atoms with Crippen LogP contribution in [0.5, 0.6) is 0 Å². The number of halogens is 1. The van der Waals surface area contributed by atoms with Gasteiger partial charge < -0.3 is 19.6 Å². The van der Waals surface area contributed by atoms with Gasteiger partial charge in [0.25, 0.3) is 0 Å². The third kappa shape index (κ3) is 5.75. The number of carboxylic acid groups (broad SMARTS) is 1. The van der Waals surface area contributed by atoms with Crippen molar-refractivity contribution in [2.45, 2.75) is 38.7 Å². The Balaban J connectivity index is 0.00000320. The number of hydrogen-bond acceptors (Lipinski definition) is 7. The van der Waals surface area contributed by atoms with Crippen LogP contribution in [-0.2, 0) is 14.3 Å². The molecule has 0 saturated heterocycles. The summed E-state index contributed by atoms with van der Waals surface area (Å²) < 4.78 is 18.7. The SMILES string of the molecule is CC[C@H](OC(=O)CCCC(=O)[O-])c1csc(C(=O)c2c[nH]c3cc(F)ccc23)n1.[Na+]. The van der Waals surface area contributed by atoms with Crippen LogP contribution in [0.3, 0.4) is 0 Å². The summed E-state index contributed by atoms with van der Waals surface area (Å²) in [6, 6.07) is 4.13. The Hall–Kier alpha value is -2.07. The molecule has 0 spiro atoms. The molecule has 0 aliphatic heterocycles. The molecule has 3 aromatic rings. The van der Waals surface area contributed by atoms with Crippen LogP contribution in [0.1, 0.15) is 59.8 Å². The molecule has 0 unspecified atom stereocenters. The number of H-pyrrole nitrogens is 1. The monoisotopic (exact) mass is 440 g/mol. The van der Waals surface area contributed by atoms with Gasteiger partial charge in [-0.05, 0) is 37.5 Å². The predicted octanol–water partition coefficient (Wildman–Crippen LogP) is -0.0870. The molecule has 2 heterocycles. The molecule has 1 atom stereocenters. The van der Waals surface area contributed by atoms with Crippen LogP contribution in [-0.4, -0.2) is 27.7 Å². The molecule has 30 heavy (non-hydrogen) atoms. The largest absolute Gasteiger partial charge is 1.00 e. The van der Waals surface area contributed by atoms with Gasteiger partial charge in [-0.15, -0.1) is 11.3 Å². The van der Waals surface area contributed by atoms with E-state index in [1.54, 1.807) is 5.38 Å². The van der Waals surface area contributed by atoms with Crippen LogP contribution in [0, 0.1) is 5.82 Å². The van der Waals surface area contributed by atoms with E-state index in [2.05, 4.69) is 9.97 Å². The Labute approximate surface area is 197 Å². The summed E-state index contributed by atoms with van der Waals surface area (Å²) in [5, 5.41) is 12.9. The summed E-state index contributed by atoms with van der Waals surface area (Å²) in [5.74, 6) is -2.46. The summed E-state index contributed by atoms with van der Waals surface area (Å²) in [6.07, 6.45) is 1.24. The molecular formula is C20H18FN2NaO5S. The second-order valence-corrected chi connectivity index (χ2v) is 7.27. The van der Waals surface area contributed by atoms with Crippen molar-refractivity contribution in [3.8, 4) is 0 Å². The van der Waals surface area contributed by atoms with Gasteiger partial charge in [0, 0.05) is 34.9 Å². The quantitative estimate of drug-likeness (QED) is 0.283. The number of thiazole rings is 1. The number of carbonyl (C=O) groups excluding carboxylic acids is 3. The van der Waals surface area contributed by atoms with Gasteiger partial charge >= 0.3 is 35.5 Å². The molecule has 0 bridgehead atoms. The summed E-state index contributed by atoms with van der Waals surface area (Å²) in [5.41, 5.74) is 1.36. The van der Waals surface area contributed by atoms with Gasteiger partial charge in [-0.1, -0.05) is 6.92 Å². The maximum atomic E-state index is 13.3. The standard InChI is InChI=1S/C20H19FN2O5S.Na/c1-2-16(28-18(26)5-3-4-17(24)25)15-10-29-20(23-15)19(27)13-9-22-14-8-11(21)6-7-12(13)14;/h6-10,16,22H,2-5H2,1H3,(H,24,25);/q;+1/p-1/t16-;/m0./s1. The number of aromatic amines is 1. The fraction of sp³-hybridized carbons (Fsp3) is 0.300. The minimum Gasteiger partial charge on any atom is -0.550 e. The van der Waals surface area contributed by atoms with E-state index in [1.165, 1.54) is 24.4 Å². The van der Waals surface area contributed by atoms with Crippen molar-refractivity contribution in [1.29, 1.82) is 0 Å². The van der Waals surface area contributed by atoms with Crippen molar-refractivity contribution < 1.29 is 58.2 Å². The third-order valence-corrected chi connectivity index (χ3v) is 5.20. The zero-order valence-electron chi connectivity index (χ0n) is 16.6. The molecular weight excluding hydrogens is 422 g/mol. The third-order valence-electron chi connectivity index (χ3n) is 4.34. The number of ether oxygens (including phenoxy) is 1. The first kappa shape index (κ1) is 24.2. The smallest absolute Gasteiger partial charge is 0.550 e. The summed E-state index contributed by atoms with van der Waals surface area (Å²) >= 11 is 1.13. The fourth-order valence-electron chi connectivity index (χ4n) is 2.89. The van der Waals surface area contributed by atoms with Crippen LogP contribution in [0.2, 0.25) is 0 Å². The topological polar surface area (TPSA) is 112 Å². The van der Waals surface area contributed by atoms with Crippen LogP contribution in [0.15, 0.2) is 29.8 Å². The molecule has 152 valence electrons. The summed E-state index contributed by atoms with van der Waals surface area (Å²) in [7, 11) is 0. The number of aliphatic carboxylic acids is 1. The molecule has 0 fully saturated rings. The molecule has 1 aromatic carbocycles. The van der Waals surface area contributed by atoms with Gasteiger partial charge in [-0.25, -0.2) is 9.37 Å².